The lowest BCUT2D eigenvalue weighted by atomic mass is 10.2. The number of nitrogens with one attached hydrogen (secondary N) is 1. The molecule has 1 heterocycles. The van der Waals surface area contributed by atoms with Crippen LogP contribution >= 0.6 is 0 Å². The Labute approximate surface area is 94.6 Å². The van der Waals surface area contributed by atoms with Gasteiger partial charge < -0.3 is 14.8 Å². The average Bonchev–Trinajstić information content (AvgIpc) is 2.86. The van der Waals surface area contributed by atoms with E-state index in [1.54, 1.807) is 6.07 Å². The molecule has 0 spiro atoms. The third kappa shape index (κ3) is 2.44. The van der Waals surface area contributed by atoms with Gasteiger partial charge in [-0.2, -0.15) is 0 Å². The Hall–Kier alpha value is -1.29. The fourth-order valence-corrected chi connectivity index (χ4v) is 2.23. The predicted molar refractivity (Wildman–Crippen MR) is 59.5 cm³/mol. The number of hydrogen-bond donors (Lipinski definition) is 2. The van der Waals surface area contributed by atoms with Gasteiger partial charge in [0.25, 0.3) is 0 Å². The number of hydrogen-bond acceptors (Lipinski definition) is 3. The molecule has 0 aromatic carbocycles. The maximum atomic E-state index is 10.7. The van der Waals surface area contributed by atoms with Gasteiger partial charge in [-0.3, -0.25) is 0 Å². The van der Waals surface area contributed by atoms with Crippen LogP contribution in [0, 0.1) is 0 Å². The number of furan rings is 1. The van der Waals surface area contributed by atoms with Gasteiger partial charge in [-0.15, -0.1) is 0 Å². The highest BCUT2D eigenvalue weighted by atomic mass is 16.4. The molecule has 16 heavy (non-hydrogen) atoms. The largest absolute Gasteiger partial charge is 0.475 e. The molecule has 1 aliphatic carbocycles. The maximum absolute atomic E-state index is 10.7. The van der Waals surface area contributed by atoms with Crippen LogP contribution < -0.4 is 5.32 Å². The molecule has 0 radical (unpaired) electrons. The van der Waals surface area contributed by atoms with Crippen molar-refractivity contribution in [2.45, 2.75) is 44.7 Å². The number of aromatic carboxylic acids is 1. The van der Waals surface area contributed by atoms with E-state index in [9.17, 15) is 4.79 Å². The normalized spacial score (nSPS) is 18.8. The zero-order valence-electron chi connectivity index (χ0n) is 9.40. The van der Waals surface area contributed by atoms with Crippen molar-refractivity contribution in [2.75, 3.05) is 0 Å². The molecule has 2 N–H and O–H groups in total. The molecule has 1 aromatic rings. The molecule has 2 rings (SSSR count). The molecule has 0 aliphatic heterocycles. The monoisotopic (exact) mass is 223 g/mol. The lowest BCUT2D eigenvalue weighted by Crippen LogP contribution is -2.28. The lowest BCUT2D eigenvalue weighted by Gasteiger charge is -2.17. The summed E-state index contributed by atoms with van der Waals surface area (Å²) < 4.78 is 5.26. The van der Waals surface area contributed by atoms with E-state index < -0.39 is 5.97 Å². The number of carboxylic acids is 1. The fraction of sp³-hybridized carbons (Fsp3) is 0.583. The molecular weight excluding hydrogens is 206 g/mol. The second-order valence-electron chi connectivity index (χ2n) is 4.38. The first-order valence-electron chi connectivity index (χ1n) is 5.76. The van der Waals surface area contributed by atoms with E-state index in [2.05, 4.69) is 5.32 Å². The molecule has 1 aromatic heterocycles. The zero-order valence-corrected chi connectivity index (χ0v) is 9.40. The Kier molecular flexibility index (Phi) is 3.29. The zero-order chi connectivity index (χ0) is 11.5. The van der Waals surface area contributed by atoms with Gasteiger partial charge >= 0.3 is 5.97 Å². The second kappa shape index (κ2) is 4.70. The van der Waals surface area contributed by atoms with Gasteiger partial charge in [0, 0.05) is 6.04 Å². The van der Waals surface area contributed by atoms with Gasteiger partial charge in [-0.1, -0.05) is 12.8 Å². The van der Waals surface area contributed by atoms with Crippen molar-refractivity contribution in [1.29, 1.82) is 0 Å². The van der Waals surface area contributed by atoms with Gasteiger partial charge in [0.1, 0.15) is 5.76 Å². The SMILES string of the molecule is CC(NC1CCCC1)c1ccc(C(=O)O)o1. The molecule has 1 saturated carbocycles. The highest BCUT2D eigenvalue weighted by Crippen LogP contribution is 2.23. The van der Waals surface area contributed by atoms with Gasteiger partial charge in [0.2, 0.25) is 5.76 Å². The fourth-order valence-electron chi connectivity index (χ4n) is 2.23. The Morgan fingerprint density at radius 3 is 2.75 bits per heavy atom. The molecule has 4 heteroatoms. The van der Waals surface area contributed by atoms with Gasteiger partial charge in [-0.25, -0.2) is 4.79 Å². The van der Waals surface area contributed by atoms with Crippen molar-refractivity contribution in [2.24, 2.45) is 0 Å². The van der Waals surface area contributed by atoms with Crippen molar-refractivity contribution in [3.63, 3.8) is 0 Å². The molecule has 1 fully saturated rings. The first-order valence-corrected chi connectivity index (χ1v) is 5.76. The Morgan fingerprint density at radius 1 is 1.50 bits per heavy atom. The van der Waals surface area contributed by atoms with Gasteiger partial charge in [-0.05, 0) is 31.9 Å². The molecule has 0 amide bonds. The summed E-state index contributed by atoms with van der Waals surface area (Å²) in [4.78, 5) is 10.7. The third-order valence-electron chi connectivity index (χ3n) is 3.11. The summed E-state index contributed by atoms with van der Waals surface area (Å²) in [7, 11) is 0. The summed E-state index contributed by atoms with van der Waals surface area (Å²) in [6, 6.07) is 3.87. The standard InChI is InChI=1S/C12H17NO3/c1-8(13-9-4-2-3-5-9)10-6-7-11(16-10)12(14)15/h6-9,13H,2-5H2,1H3,(H,14,15). The lowest BCUT2D eigenvalue weighted by molar-refractivity contribution is 0.0659. The minimum absolute atomic E-state index is 0.00933. The van der Waals surface area contributed by atoms with Crippen LogP contribution in [-0.4, -0.2) is 17.1 Å². The number of carboxylic acid groups (broad SMARTS) is 1. The smallest absolute Gasteiger partial charge is 0.371 e. The predicted octanol–water partition coefficient (Wildman–Crippen LogP) is 2.57. The second-order valence-corrected chi connectivity index (χ2v) is 4.38. The van der Waals surface area contributed by atoms with Crippen LogP contribution in [0.1, 0.15) is 55.0 Å². The van der Waals surface area contributed by atoms with Crippen LogP contribution in [0.5, 0.6) is 0 Å². The summed E-state index contributed by atoms with van der Waals surface area (Å²) in [5, 5.41) is 12.2. The highest BCUT2D eigenvalue weighted by Gasteiger charge is 2.20. The maximum Gasteiger partial charge on any atom is 0.371 e. The van der Waals surface area contributed by atoms with E-state index in [0.717, 1.165) is 0 Å². The van der Waals surface area contributed by atoms with Crippen LogP contribution in [0.25, 0.3) is 0 Å². The number of rotatable bonds is 4. The molecule has 1 unspecified atom stereocenters. The van der Waals surface area contributed by atoms with Crippen LogP contribution in [0.2, 0.25) is 0 Å². The minimum Gasteiger partial charge on any atom is -0.475 e. The van der Waals surface area contributed by atoms with E-state index in [1.807, 2.05) is 6.92 Å². The van der Waals surface area contributed by atoms with Crippen molar-refractivity contribution in [3.8, 4) is 0 Å². The van der Waals surface area contributed by atoms with Crippen LogP contribution in [0.15, 0.2) is 16.5 Å². The van der Waals surface area contributed by atoms with Crippen LogP contribution in [0.4, 0.5) is 0 Å². The molecule has 1 atom stereocenters. The Morgan fingerprint density at radius 2 is 2.19 bits per heavy atom. The quantitative estimate of drug-likeness (QED) is 0.823. The molecule has 0 saturated heterocycles. The summed E-state index contributed by atoms with van der Waals surface area (Å²) in [6.45, 7) is 2.00. The first-order chi connectivity index (χ1) is 7.66. The molecular formula is C12H17NO3. The summed E-state index contributed by atoms with van der Waals surface area (Å²) in [5.41, 5.74) is 0. The summed E-state index contributed by atoms with van der Waals surface area (Å²) >= 11 is 0. The molecule has 1 aliphatic rings. The minimum atomic E-state index is -1.01. The first kappa shape index (κ1) is 11.2. The van der Waals surface area contributed by atoms with Gasteiger partial charge in [0.15, 0.2) is 0 Å². The summed E-state index contributed by atoms with van der Waals surface area (Å²) in [6.07, 6.45) is 4.97. The molecule has 4 nitrogen and oxygen atoms in total. The van der Waals surface area contributed by atoms with Crippen LogP contribution in [0.3, 0.4) is 0 Å². The molecule has 88 valence electrons. The Bertz CT molecular complexity index is 366. The van der Waals surface area contributed by atoms with E-state index in [1.165, 1.54) is 31.7 Å². The van der Waals surface area contributed by atoms with Crippen LogP contribution in [-0.2, 0) is 0 Å². The van der Waals surface area contributed by atoms with Crippen molar-refractivity contribution in [1.82, 2.24) is 5.32 Å². The van der Waals surface area contributed by atoms with E-state index >= 15 is 0 Å². The van der Waals surface area contributed by atoms with E-state index in [-0.39, 0.29) is 11.8 Å². The van der Waals surface area contributed by atoms with Crippen molar-refractivity contribution in [3.05, 3.63) is 23.7 Å². The van der Waals surface area contributed by atoms with E-state index in [4.69, 9.17) is 9.52 Å². The van der Waals surface area contributed by atoms with E-state index in [0.29, 0.717) is 11.8 Å². The van der Waals surface area contributed by atoms with Crippen molar-refractivity contribution >= 4 is 5.97 Å². The average molecular weight is 223 g/mol. The topological polar surface area (TPSA) is 62.5 Å². The van der Waals surface area contributed by atoms with Crippen molar-refractivity contribution < 1.29 is 14.3 Å². The highest BCUT2D eigenvalue weighted by molar-refractivity contribution is 5.84. The third-order valence-corrected chi connectivity index (χ3v) is 3.11. The molecule has 0 bridgehead atoms. The summed E-state index contributed by atoms with van der Waals surface area (Å²) in [5.74, 6) is -0.307. The number of carbonyl (C=O) groups is 1. The van der Waals surface area contributed by atoms with Gasteiger partial charge in [0.05, 0.1) is 6.04 Å². The Balaban J connectivity index is 1.96.